The first-order valence-corrected chi connectivity index (χ1v) is 10.9. The van der Waals surface area contributed by atoms with Gasteiger partial charge in [-0.05, 0) is 30.9 Å². The first-order valence-electron chi connectivity index (χ1n) is 9.68. The summed E-state index contributed by atoms with van der Waals surface area (Å²) in [6.45, 7) is 5.92. The van der Waals surface area contributed by atoms with Crippen molar-refractivity contribution in [1.29, 1.82) is 0 Å². The van der Waals surface area contributed by atoms with Crippen molar-refractivity contribution in [3.05, 3.63) is 65.5 Å². The third kappa shape index (κ3) is 4.36. The normalized spacial score (nSPS) is 14.9. The summed E-state index contributed by atoms with van der Waals surface area (Å²) in [5.41, 5.74) is 2.59. The van der Waals surface area contributed by atoms with E-state index in [0.29, 0.717) is 41.0 Å². The number of aryl methyl sites for hydroxylation is 1. The fraction of sp³-hybridized carbons (Fsp3) is 0.318. The van der Waals surface area contributed by atoms with Gasteiger partial charge in [0.1, 0.15) is 5.03 Å². The number of piperazine rings is 1. The summed E-state index contributed by atoms with van der Waals surface area (Å²) >= 11 is 1.46. The van der Waals surface area contributed by atoms with E-state index in [1.54, 1.807) is 12.3 Å². The number of carbonyl (C=O) groups is 1. The highest BCUT2D eigenvalue weighted by molar-refractivity contribution is 7.98. The number of carbonyl (C=O) groups excluding carboxylic acids is 1. The quantitative estimate of drug-likeness (QED) is 0.474. The Bertz CT molecular complexity index is 968. The molecule has 1 amide bonds. The van der Waals surface area contributed by atoms with Crippen LogP contribution in [0.4, 0.5) is 0 Å². The Balaban J connectivity index is 1.47. The Kier molecular flexibility index (Phi) is 5.97. The lowest BCUT2D eigenvalue weighted by Gasteiger charge is -2.35. The molecule has 6 nitrogen and oxygen atoms in total. The topological polar surface area (TPSA) is 62.5 Å². The molecule has 0 radical (unpaired) electrons. The van der Waals surface area contributed by atoms with Gasteiger partial charge in [0.05, 0.1) is 17.5 Å². The summed E-state index contributed by atoms with van der Waals surface area (Å²) in [6.07, 6.45) is 3.53. The van der Waals surface area contributed by atoms with Crippen LogP contribution in [-0.2, 0) is 6.54 Å². The Labute approximate surface area is 174 Å². The van der Waals surface area contributed by atoms with E-state index in [1.807, 2.05) is 30.2 Å². The van der Waals surface area contributed by atoms with Crippen LogP contribution in [-0.4, -0.2) is 58.1 Å². The van der Waals surface area contributed by atoms with Crippen molar-refractivity contribution in [2.24, 2.45) is 0 Å². The molecule has 0 unspecified atom stereocenters. The molecule has 1 aromatic carbocycles. The standard InChI is InChI=1S/C22H24N4O2S/c1-16-19(21(29-2)24-20(23-16)18-9-6-14-28-18)22(27)26-12-10-25(11-13-26)15-17-7-4-3-5-8-17/h3-9,14H,10-13,15H2,1-2H3. The Morgan fingerprint density at radius 3 is 2.48 bits per heavy atom. The Hall–Kier alpha value is -2.64. The van der Waals surface area contributed by atoms with Gasteiger partial charge in [0.2, 0.25) is 0 Å². The van der Waals surface area contributed by atoms with Gasteiger partial charge in [0.15, 0.2) is 11.6 Å². The number of aromatic nitrogens is 2. The molecule has 1 aliphatic heterocycles. The predicted octanol–water partition coefficient (Wildman–Crippen LogP) is 3.72. The van der Waals surface area contributed by atoms with Gasteiger partial charge < -0.3 is 9.32 Å². The zero-order valence-electron chi connectivity index (χ0n) is 16.7. The maximum Gasteiger partial charge on any atom is 0.258 e. The maximum absolute atomic E-state index is 13.3. The SMILES string of the molecule is CSc1nc(-c2ccco2)nc(C)c1C(=O)N1CCN(Cc2ccccc2)CC1. The lowest BCUT2D eigenvalue weighted by atomic mass is 10.1. The average molecular weight is 409 g/mol. The molecular weight excluding hydrogens is 384 g/mol. The van der Waals surface area contributed by atoms with Gasteiger partial charge >= 0.3 is 0 Å². The molecule has 0 bridgehead atoms. The van der Waals surface area contributed by atoms with Gasteiger partial charge in [-0.2, -0.15) is 0 Å². The summed E-state index contributed by atoms with van der Waals surface area (Å²) in [6, 6.07) is 14.1. The van der Waals surface area contributed by atoms with Crippen molar-refractivity contribution in [2.75, 3.05) is 32.4 Å². The zero-order chi connectivity index (χ0) is 20.2. The molecule has 3 heterocycles. The van der Waals surface area contributed by atoms with E-state index >= 15 is 0 Å². The van der Waals surface area contributed by atoms with Crippen LogP contribution in [0.5, 0.6) is 0 Å². The number of furan rings is 1. The van der Waals surface area contributed by atoms with Crippen molar-refractivity contribution >= 4 is 17.7 Å². The largest absolute Gasteiger partial charge is 0.461 e. The molecule has 0 aliphatic carbocycles. The van der Waals surface area contributed by atoms with Gasteiger partial charge in [0, 0.05) is 32.7 Å². The number of thioether (sulfide) groups is 1. The highest BCUT2D eigenvalue weighted by Gasteiger charge is 2.27. The second kappa shape index (κ2) is 8.80. The summed E-state index contributed by atoms with van der Waals surface area (Å²) in [7, 11) is 0. The van der Waals surface area contributed by atoms with Gasteiger partial charge in [-0.15, -0.1) is 11.8 Å². The minimum atomic E-state index is 0.0113. The number of nitrogens with zero attached hydrogens (tertiary/aromatic N) is 4. The molecule has 1 saturated heterocycles. The van der Waals surface area contributed by atoms with Crippen LogP contribution in [0.3, 0.4) is 0 Å². The van der Waals surface area contributed by atoms with E-state index in [1.165, 1.54) is 17.3 Å². The molecule has 7 heteroatoms. The van der Waals surface area contributed by atoms with Crippen LogP contribution in [0.2, 0.25) is 0 Å². The molecule has 1 fully saturated rings. The Morgan fingerprint density at radius 1 is 1.07 bits per heavy atom. The second-order valence-corrected chi connectivity index (χ2v) is 7.84. The number of benzene rings is 1. The maximum atomic E-state index is 13.3. The van der Waals surface area contributed by atoms with Gasteiger partial charge in [-0.25, -0.2) is 9.97 Å². The van der Waals surface area contributed by atoms with Crippen molar-refractivity contribution in [3.63, 3.8) is 0 Å². The van der Waals surface area contributed by atoms with Gasteiger partial charge in [-0.1, -0.05) is 30.3 Å². The molecule has 150 valence electrons. The third-order valence-electron chi connectivity index (χ3n) is 5.11. The Morgan fingerprint density at radius 2 is 1.83 bits per heavy atom. The van der Waals surface area contributed by atoms with Gasteiger partial charge in [-0.3, -0.25) is 9.69 Å². The number of amides is 1. The van der Waals surface area contributed by atoms with Crippen LogP contribution >= 0.6 is 11.8 Å². The average Bonchev–Trinajstić information content (AvgIpc) is 3.29. The molecule has 2 aromatic heterocycles. The zero-order valence-corrected chi connectivity index (χ0v) is 17.5. The van der Waals surface area contributed by atoms with Crippen LogP contribution in [0.15, 0.2) is 58.2 Å². The second-order valence-electron chi connectivity index (χ2n) is 7.05. The van der Waals surface area contributed by atoms with E-state index < -0.39 is 0 Å². The van der Waals surface area contributed by atoms with E-state index in [-0.39, 0.29) is 5.91 Å². The predicted molar refractivity (Wildman–Crippen MR) is 114 cm³/mol. The van der Waals surface area contributed by atoms with E-state index in [2.05, 4.69) is 39.1 Å². The smallest absolute Gasteiger partial charge is 0.258 e. The highest BCUT2D eigenvalue weighted by Crippen LogP contribution is 2.26. The fourth-order valence-corrected chi connectivity index (χ4v) is 4.18. The molecule has 0 N–H and O–H groups in total. The molecule has 1 aliphatic rings. The lowest BCUT2D eigenvalue weighted by Crippen LogP contribution is -2.48. The molecule has 0 saturated carbocycles. The summed E-state index contributed by atoms with van der Waals surface area (Å²) < 4.78 is 5.42. The van der Waals surface area contributed by atoms with Crippen LogP contribution in [0, 0.1) is 6.92 Å². The van der Waals surface area contributed by atoms with Crippen molar-refractivity contribution < 1.29 is 9.21 Å². The van der Waals surface area contributed by atoms with Crippen LogP contribution < -0.4 is 0 Å². The van der Waals surface area contributed by atoms with Crippen molar-refractivity contribution in [3.8, 4) is 11.6 Å². The lowest BCUT2D eigenvalue weighted by molar-refractivity contribution is 0.0623. The van der Waals surface area contributed by atoms with Gasteiger partial charge in [0.25, 0.3) is 5.91 Å². The number of hydrogen-bond donors (Lipinski definition) is 0. The molecule has 3 aromatic rings. The van der Waals surface area contributed by atoms with Crippen LogP contribution in [0.1, 0.15) is 21.6 Å². The van der Waals surface area contributed by atoms with E-state index in [0.717, 1.165) is 19.6 Å². The number of hydrogen-bond acceptors (Lipinski definition) is 6. The monoisotopic (exact) mass is 408 g/mol. The van der Waals surface area contributed by atoms with E-state index in [9.17, 15) is 4.79 Å². The summed E-state index contributed by atoms with van der Waals surface area (Å²) in [4.78, 5) is 26.7. The highest BCUT2D eigenvalue weighted by atomic mass is 32.2. The summed E-state index contributed by atoms with van der Waals surface area (Å²) in [5.74, 6) is 1.13. The minimum absolute atomic E-state index is 0.0113. The first-order chi connectivity index (χ1) is 14.2. The molecule has 4 rings (SSSR count). The molecule has 0 atom stereocenters. The van der Waals surface area contributed by atoms with Crippen molar-refractivity contribution in [1.82, 2.24) is 19.8 Å². The third-order valence-corrected chi connectivity index (χ3v) is 5.80. The molecule has 0 spiro atoms. The van der Waals surface area contributed by atoms with Crippen LogP contribution in [0.25, 0.3) is 11.6 Å². The summed E-state index contributed by atoms with van der Waals surface area (Å²) in [5, 5.41) is 0.695. The fourth-order valence-electron chi connectivity index (χ4n) is 3.57. The minimum Gasteiger partial charge on any atom is -0.461 e. The molecule has 29 heavy (non-hydrogen) atoms. The van der Waals surface area contributed by atoms with E-state index in [4.69, 9.17) is 4.42 Å². The molecular formula is C22H24N4O2S. The first kappa shape index (κ1) is 19.7. The number of rotatable bonds is 5. The van der Waals surface area contributed by atoms with Crippen molar-refractivity contribution in [2.45, 2.75) is 18.5 Å².